The van der Waals surface area contributed by atoms with Crippen LogP contribution in [0.4, 0.5) is 5.13 Å². The molecule has 0 aliphatic carbocycles. The Morgan fingerprint density at radius 3 is 2.88 bits per heavy atom. The lowest BCUT2D eigenvalue weighted by Gasteiger charge is -2.03. The second kappa shape index (κ2) is 9.45. The molecule has 4 rings (SSSR count). The minimum atomic E-state index is -0.444. The van der Waals surface area contributed by atoms with Crippen molar-refractivity contribution in [2.75, 3.05) is 17.7 Å². The number of thiazole rings is 1. The number of para-hydroxylation sites is 1. The highest BCUT2D eigenvalue weighted by Crippen LogP contribution is 2.27. The number of aryl methyl sites for hydroxylation is 1. The standard InChI is InChI=1S/C21H20N6O3S2/c1-4-10-27-14-9-7-6-8-13(14)16-18(27)24-21(26-25-16)31-11-15(28)23-20-22-12(3)17(32-20)19(29)30-5-2/h4,6-9H,1,5,10-11H2,2-3H3,(H,22,23,28). The van der Waals surface area contributed by atoms with E-state index in [0.29, 0.717) is 38.6 Å². The quantitative estimate of drug-likeness (QED) is 0.236. The number of carbonyl (C=O) groups excluding carboxylic acids is 2. The third kappa shape index (κ3) is 4.34. The number of nitrogens with one attached hydrogen (secondary N) is 1. The predicted octanol–water partition coefficient (Wildman–Crippen LogP) is 3.84. The highest BCUT2D eigenvalue weighted by atomic mass is 32.2. The summed E-state index contributed by atoms with van der Waals surface area (Å²) in [4.78, 5) is 33.5. The number of nitrogens with zero attached hydrogens (tertiary/aromatic N) is 5. The number of amides is 1. The average molecular weight is 469 g/mol. The van der Waals surface area contributed by atoms with Crippen molar-refractivity contribution in [3.8, 4) is 0 Å². The highest BCUT2D eigenvalue weighted by molar-refractivity contribution is 7.99. The number of esters is 1. The molecule has 0 bridgehead atoms. The van der Waals surface area contributed by atoms with Gasteiger partial charge in [-0.3, -0.25) is 4.79 Å². The van der Waals surface area contributed by atoms with Crippen molar-refractivity contribution in [1.82, 2.24) is 24.7 Å². The maximum atomic E-state index is 12.4. The molecule has 9 nitrogen and oxygen atoms in total. The first-order valence-electron chi connectivity index (χ1n) is 9.81. The van der Waals surface area contributed by atoms with Crippen LogP contribution in [0.1, 0.15) is 22.3 Å². The Morgan fingerprint density at radius 1 is 1.28 bits per heavy atom. The molecule has 0 saturated heterocycles. The number of anilines is 1. The molecule has 0 saturated carbocycles. The second-order valence-electron chi connectivity index (χ2n) is 6.67. The number of hydrogen-bond donors (Lipinski definition) is 1. The van der Waals surface area contributed by atoms with Gasteiger partial charge in [-0.1, -0.05) is 47.4 Å². The Labute approximate surface area is 191 Å². The van der Waals surface area contributed by atoms with Crippen LogP contribution >= 0.6 is 23.1 Å². The van der Waals surface area contributed by atoms with Crippen LogP contribution in [0.2, 0.25) is 0 Å². The molecular weight excluding hydrogens is 448 g/mol. The van der Waals surface area contributed by atoms with Crippen LogP contribution < -0.4 is 5.32 Å². The summed E-state index contributed by atoms with van der Waals surface area (Å²) in [7, 11) is 0. The zero-order valence-electron chi connectivity index (χ0n) is 17.5. The van der Waals surface area contributed by atoms with E-state index in [4.69, 9.17) is 4.74 Å². The number of ether oxygens (including phenoxy) is 1. The van der Waals surface area contributed by atoms with E-state index in [2.05, 4.69) is 32.1 Å². The van der Waals surface area contributed by atoms with Gasteiger partial charge in [0.05, 0.1) is 23.6 Å². The van der Waals surface area contributed by atoms with Gasteiger partial charge < -0.3 is 14.6 Å². The average Bonchev–Trinajstić information content (AvgIpc) is 3.30. The molecule has 4 aromatic rings. The molecule has 0 fully saturated rings. The van der Waals surface area contributed by atoms with E-state index in [-0.39, 0.29) is 18.3 Å². The summed E-state index contributed by atoms with van der Waals surface area (Å²) in [6, 6.07) is 7.89. The normalized spacial score (nSPS) is 11.1. The molecule has 0 radical (unpaired) electrons. The molecule has 1 N–H and O–H groups in total. The first-order chi connectivity index (χ1) is 15.5. The van der Waals surface area contributed by atoms with Crippen molar-refractivity contribution in [2.45, 2.75) is 25.5 Å². The van der Waals surface area contributed by atoms with Crippen molar-refractivity contribution in [1.29, 1.82) is 0 Å². The van der Waals surface area contributed by atoms with Gasteiger partial charge in [0, 0.05) is 11.9 Å². The monoisotopic (exact) mass is 468 g/mol. The van der Waals surface area contributed by atoms with Gasteiger partial charge in [-0.05, 0) is 19.9 Å². The van der Waals surface area contributed by atoms with E-state index in [9.17, 15) is 9.59 Å². The molecule has 3 heterocycles. The fourth-order valence-corrected chi connectivity index (χ4v) is 4.64. The first-order valence-corrected chi connectivity index (χ1v) is 11.6. The van der Waals surface area contributed by atoms with Crippen molar-refractivity contribution in [2.24, 2.45) is 0 Å². The zero-order valence-corrected chi connectivity index (χ0v) is 19.1. The molecule has 0 aliphatic heterocycles. The maximum absolute atomic E-state index is 12.4. The highest BCUT2D eigenvalue weighted by Gasteiger charge is 2.18. The van der Waals surface area contributed by atoms with Gasteiger partial charge in [-0.15, -0.1) is 16.8 Å². The minimum Gasteiger partial charge on any atom is -0.462 e. The van der Waals surface area contributed by atoms with Gasteiger partial charge in [0.25, 0.3) is 0 Å². The van der Waals surface area contributed by atoms with E-state index in [0.717, 1.165) is 22.2 Å². The topological polar surface area (TPSA) is 112 Å². The van der Waals surface area contributed by atoms with E-state index in [1.807, 2.05) is 28.8 Å². The molecule has 164 valence electrons. The van der Waals surface area contributed by atoms with Crippen LogP contribution in [0.25, 0.3) is 22.1 Å². The number of carbonyl (C=O) groups is 2. The predicted molar refractivity (Wildman–Crippen MR) is 125 cm³/mol. The van der Waals surface area contributed by atoms with Crippen LogP contribution in [0.15, 0.2) is 42.1 Å². The number of benzene rings is 1. The van der Waals surface area contributed by atoms with Crippen molar-refractivity contribution in [3.05, 3.63) is 47.5 Å². The Kier molecular flexibility index (Phi) is 6.47. The molecular formula is C21H20N6O3S2. The molecule has 0 unspecified atom stereocenters. The summed E-state index contributed by atoms with van der Waals surface area (Å²) in [5, 5.41) is 12.9. The van der Waals surface area contributed by atoms with Crippen molar-refractivity contribution < 1.29 is 14.3 Å². The lowest BCUT2D eigenvalue weighted by Crippen LogP contribution is -2.14. The number of aromatic nitrogens is 5. The summed E-state index contributed by atoms with van der Waals surface area (Å²) in [5.74, 6) is -0.656. The van der Waals surface area contributed by atoms with E-state index >= 15 is 0 Å². The van der Waals surface area contributed by atoms with E-state index < -0.39 is 5.97 Å². The number of rotatable bonds is 8. The zero-order chi connectivity index (χ0) is 22.7. The van der Waals surface area contributed by atoms with Gasteiger partial charge >= 0.3 is 5.97 Å². The Balaban J connectivity index is 1.48. The van der Waals surface area contributed by atoms with Crippen molar-refractivity contribution >= 4 is 62.2 Å². The summed E-state index contributed by atoms with van der Waals surface area (Å²) in [6.45, 7) is 8.12. The SMILES string of the molecule is C=CCn1c2ccccc2c2nnc(SCC(=O)Nc3nc(C)c(C(=O)OCC)s3)nc21. The Bertz CT molecular complexity index is 1330. The lowest BCUT2D eigenvalue weighted by atomic mass is 10.2. The van der Waals surface area contributed by atoms with Gasteiger partial charge in [0.1, 0.15) is 10.4 Å². The molecule has 0 atom stereocenters. The number of fused-ring (bicyclic) bond motifs is 3. The minimum absolute atomic E-state index is 0.0717. The van der Waals surface area contributed by atoms with Gasteiger partial charge in [0.2, 0.25) is 11.1 Å². The third-order valence-corrected chi connectivity index (χ3v) is 6.39. The van der Waals surface area contributed by atoms with Crippen LogP contribution in [-0.2, 0) is 16.1 Å². The molecule has 32 heavy (non-hydrogen) atoms. The lowest BCUT2D eigenvalue weighted by molar-refractivity contribution is -0.113. The van der Waals surface area contributed by atoms with Crippen LogP contribution in [0.3, 0.4) is 0 Å². The Hall–Kier alpha value is -3.31. The van der Waals surface area contributed by atoms with Crippen LogP contribution in [0, 0.1) is 6.92 Å². The summed E-state index contributed by atoms with van der Waals surface area (Å²) in [6.07, 6.45) is 1.80. The first kappa shape index (κ1) is 21.9. The van der Waals surface area contributed by atoms with E-state index in [1.54, 1.807) is 19.9 Å². The summed E-state index contributed by atoms with van der Waals surface area (Å²) < 4.78 is 7.02. The largest absolute Gasteiger partial charge is 0.462 e. The number of hydrogen-bond acceptors (Lipinski definition) is 9. The van der Waals surface area contributed by atoms with Gasteiger partial charge in [0.15, 0.2) is 10.8 Å². The summed E-state index contributed by atoms with van der Waals surface area (Å²) >= 11 is 2.26. The number of allylic oxidation sites excluding steroid dienone is 1. The number of thioether (sulfide) groups is 1. The second-order valence-corrected chi connectivity index (χ2v) is 8.62. The molecule has 1 aromatic carbocycles. The molecule has 3 aromatic heterocycles. The summed E-state index contributed by atoms with van der Waals surface area (Å²) in [5.41, 5.74) is 2.92. The molecule has 0 spiro atoms. The van der Waals surface area contributed by atoms with Crippen molar-refractivity contribution in [3.63, 3.8) is 0 Å². The van der Waals surface area contributed by atoms with Crippen LogP contribution in [-0.4, -0.2) is 49.0 Å². The Morgan fingerprint density at radius 2 is 2.09 bits per heavy atom. The van der Waals surface area contributed by atoms with E-state index in [1.165, 1.54) is 11.8 Å². The van der Waals surface area contributed by atoms with Gasteiger partial charge in [-0.25, -0.2) is 14.8 Å². The van der Waals surface area contributed by atoms with Crippen LogP contribution in [0.5, 0.6) is 0 Å². The van der Waals surface area contributed by atoms with Gasteiger partial charge in [-0.2, -0.15) is 0 Å². The molecule has 0 aliphatic rings. The molecule has 1 amide bonds. The fraction of sp³-hybridized carbons (Fsp3) is 0.238. The fourth-order valence-electron chi connectivity index (χ4n) is 3.19. The third-order valence-electron chi connectivity index (χ3n) is 4.50. The molecule has 11 heteroatoms. The smallest absolute Gasteiger partial charge is 0.350 e. The maximum Gasteiger partial charge on any atom is 0.350 e.